The summed E-state index contributed by atoms with van der Waals surface area (Å²) >= 11 is 0. The van der Waals surface area contributed by atoms with Crippen molar-refractivity contribution in [3.8, 4) is 66.9 Å². The van der Waals surface area contributed by atoms with Crippen LogP contribution >= 0.6 is 0 Å². The number of hydrogen-bond donors (Lipinski definition) is 0. The summed E-state index contributed by atoms with van der Waals surface area (Å²) in [4.78, 5) is 5.17. The molecule has 1 aliphatic carbocycles. The van der Waals surface area contributed by atoms with Crippen molar-refractivity contribution in [2.75, 3.05) is 0 Å². The molecule has 1 heterocycles. The van der Waals surface area contributed by atoms with Crippen LogP contribution in [0.4, 0.5) is 0 Å². The number of aromatic nitrogens is 1. The zero-order valence-electron chi connectivity index (χ0n) is 26.8. The molecule has 0 aliphatic heterocycles. The van der Waals surface area contributed by atoms with E-state index in [1.165, 1.54) is 66.6 Å². The first-order valence-electron chi connectivity index (χ1n) is 16.6. The molecule has 1 radical (unpaired) electrons. The molecule has 47 heavy (non-hydrogen) atoms. The van der Waals surface area contributed by atoms with E-state index in [0.29, 0.717) is 0 Å². The number of aryl methyl sites for hydroxylation is 2. The Morgan fingerprint density at radius 3 is 1.64 bits per heavy atom. The smallest absolute Gasteiger partial charge is 0.0607 e. The second-order valence-corrected chi connectivity index (χ2v) is 12.5. The molecule has 2 heteroatoms. The third-order valence-corrected chi connectivity index (χ3v) is 9.34. The van der Waals surface area contributed by atoms with E-state index < -0.39 is 0 Å². The third-order valence-electron chi connectivity index (χ3n) is 9.34. The molecular weight excluding hydrogens is 747 g/mol. The molecule has 7 aromatic rings. The topological polar surface area (TPSA) is 12.9 Å². The summed E-state index contributed by atoms with van der Waals surface area (Å²) in [7, 11) is 0. The monoisotopic (exact) mass is 783 g/mol. The van der Waals surface area contributed by atoms with Gasteiger partial charge in [-0.25, -0.2) is 0 Å². The van der Waals surface area contributed by atoms with Crippen LogP contribution in [-0.4, -0.2) is 4.98 Å². The van der Waals surface area contributed by atoms with Gasteiger partial charge < -0.3 is 0 Å². The predicted octanol–water partition coefficient (Wildman–Crippen LogP) is 12.3. The fraction of sp³-hybridized carbons (Fsp3) is 0.133. The standard InChI is InChI=1S/C45H36N.Ir/c1-3-9-30-17-21-32(22-18-30)36-26-37(33-23-19-31(10-4-2)20-24-33)28-38(27-36)34-11-7-12-35(25-34)44-29-42-40-14-6-5-13-39(40)41-15-8-16-43(46-44)45(41)42;/h5-8,11,13-29H,3-4,9-10H2,1-2H3;/q-1;. The van der Waals surface area contributed by atoms with Crippen molar-refractivity contribution in [1.29, 1.82) is 0 Å². The van der Waals surface area contributed by atoms with Gasteiger partial charge in [0.15, 0.2) is 0 Å². The molecule has 1 nitrogen and oxygen atoms in total. The second-order valence-electron chi connectivity index (χ2n) is 12.5. The van der Waals surface area contributed by atoms with E-state index in [-0.39, 0.29) is 20.1 Å². The van der Waals surface area contributed by atoms with Crippen molar-refractivity contribution >= 4 is 10.9 Å². The van der Waals surface area contributed by atoms with Crippen molar-refractivity contribution in [1.82, 2.24) is 4.98 Å². The molecule has 231 valence electrons. The van der Waals surface area contributed by atoms with Crippen molar-refractivity contribution in [2.45, 2.75) is 39.5 Å². The maximum Gasteiger partial charge on any atom is 0.0607 e. The van der Waals surface area contributed by atoms with Crippen LogP contribution in [0.5, 0.6) is 0 Å². The molecule has 1 aromatic heterocycles. The summed E-state index contributed by atoms with van der Waals surface area (Å²) in [6.45, 7) is 4.47. The molecule has 8 rings (SSSR count). The van der Waals surface area contributed by atoms with E-state index in [0.717, 1.165) is 48.0 Å². The Labute approximate surface area is 291 Å². The number of benzene rings is 6. The molecule has 6 aromatic carbocycles. The first-order chi connectivity index (χ1) is 22.7. The molecule has 0 spiro atoms. The Hall–Kier alpha value is -4.62. The van der Waals surface area contributed by atoms with E-state index >= 15 is 0 Å². The predicted molar refractivity (Wildman–Crippen MR) is 195 cm³/mol. The molecule has 0 N–H and O–H groups in total. The van der Waals surface area contributed by atoms with Gasteiger partial charge in [-0.05, 0) is 104 Å². The van der Waals surface area contributed by atoms with Crippen LogP contribution in [0.25, 0.3) is 77.8 Å². The number of hydrogen-bond acceptors (Lipinski definition) is 1. The van der Waals surface area contributed by atoms with E-state index in [9.17, 15) is 0 Å². The summed E-state index contributed by atoms with van der Waals surface area (Å²) in [5.74, 6) is 0. The molecule has 0 fully saturated rings. The summed E-state index contributed by atoms with van der Waals surface area (Å²) in [6.07, 6.45) is 4.52. The molecule has 0 atom stereocenters. The Morgan fingerprint density at radius 1 is 0.489 bits per heavy atom. The average molecular weight is 783 g/mol. The molecular formula is C45H36IrN-. The molecule has 0 amide bonds. The van der Waals surface area contributed by atoms with Crippen molar-refractivity contribution < 1.29 is 20.1 Å². The molecule has 1 aliphatic rings. The fourth-order valence-corrected chi connectivity index (χ4v) is 7.04. The quantitative estimate of drug-likeness (QED) is 0.140. The van der Waals surface area contributed by atoms with Crippen LogP contribution in [0.1, 0.15) is 37.8 Å². The largest absolute Gasteiger partial charge is 0.296 e. The summed E-state index contributed by atoms with van der Waals surface area (Å²) in [5, 5.41) is 1.25. The molecule has 0 saturated heterocycles. The van der Waals surface area contributed by atoms with Crippen LogP contribution < -0.4 is 0 Å². The van der Waals surface area contributed by atoms with E-state index in [4.69, 9.17) is 4.98 Å². The van der Waals surface area contributed by atoms with Crippen molar-refractivity contribution in [2.24, 2.45) is 0 Å². The van der Waals surface area contributed by atoms with Gasteiger partial charge in [0.25, 0.3) is 0 Å². The van der Waals surface area contributed by atoms with E-state index in [1.807, 2.05) is 6.07 Å². The van der Waals surface area contributed by atoms with Crippen LogP contribution in [0.15, 0.2) is 133 Å². The average Bonchev–Trinajstić information content (AvgIpc) is 3.44. The van der Waals surface area contributed by atoms with Crippen molar-refractivity contribution in [3.05, 3.63) is 151 Å². The minimum atomic E-state index is 0. The van der Waals surface area contributed by atoms with Gasteiger partial charge in [0.2, 0.25) is 0 Å². The summed E-state index contributed by atoms with van der Waals surface area (Å²) in [6, 6.07) is 52.6. The third kappa shape index (κ3) is 5.89. The Bertz CT molecular complexity index is 2140. The number of fused-ring (bicyclic) bond motifs is 3. The van der Waals surface area contributed by atoms with Gasteiger partial charge in [-0.15, -0.1) is 35.4 Å². The summed E-state index contributed by atoms with van der Waals surface area (Å²) in [5.41, 5.74) is 18.1. The first-order valence-corrected chi connectivity index (χ1v) is 16.6. The number of pyridine rings is 1. The number of nitrogens with zero attached hydrogens (tertiary/aromatic N) is 1. The van der Waals surface area contributed by atoms with E-state index in [2.05, 4.69) is 147 Å². The second kappa shape index (κ2) is 13.2. The van der Waals surface area contributed by atoms with Gasteiger partial charge in [-0.1, -0.05) is 118 Å². The minimum absolute atomic E-state index is 0. The first kappa shape index (κ1) is 31.0. The zero-order chi connectivity index (χ0) is 31.0. The van der Waals surface area contributed by atoms with E-state index in [1.54, 1.807) is 0 Å². The van der Waals surface area contributed by atoms with Gasteiger partial charge >= 0.3 is 0 Å². The zero-order valence-corrected chi connectivity index (χ0v) is 29.2. The van der Waals surface area contributed by atoms with Gasteiger partial charge in [0, 0.05) is 25.5 Å². The van der Waals surface area contributed by atoms with Crippen LogP contribution in [0, 0.1) is 6.07 Å². The number of rotatable bonds is 8. The van der Waals surface area contributed by atoms with Gasteiger partial charge in [-0.3, -0.25) is 4.98 Å². The molecule has 0 unspecified atom stereocenters. The van der Waals surface area contributed by atoms with Gasteiger partial charge in [-0.2, -0.15) is 0 Å². The Morgan fingerprint density at radius 2 is 1.04 bits per heavy atom. The van der Waals surface area contributed by atoms with Gasteiger partial charge in [0.1, 0.15) is 0 Å². The fourth-order valence-electron chi connectivity index (χ4n) is 7.04. The Balaban J connectivity index is 0.00000351. The van der Waals surface area contributed by atoms with Crippen molar-refractivity contribution in [3.63, 3.8) is 0 Å². The minimum Gasteiger partial charge on any atom is -0.296 e. The molecule has 0 saturated carbocycles. The van der Waals surface area contributed by atoms with Crippen LogP contribution in [0.3, 0.4) is 0 Å². The SMILES string of the molecule is CCCc1ccc(-c2cc(-c3ccc(CCC)cc3)cc(-c3cc[c-]c(-c4cc5c6c(cccc6n4)-c4ccccc4-5)c3)c2)cc1.[Ir]. The molecule has 0 bridgehead atoms. The van der Waals surface area contributed by atoms with Crippen LogP contribution in [0.2, 0.25) is 0 Å². The summed E-state index contributed by atoms with van der Waals surface area (Å²) < 4.78 is 0. The van der Waals surface area contributed by atoms with Gasteiger partial charge in [0.05, 0.1) is 5.52 Å². The maximum absolute atomic E-state index is 5.17. The maximum atomic E-state index is 5.17. The Kier molecular flexibility index (Phi) is 8.73. The van der Waals surface area contributed by atoms with Crippen LogP contribution in [-0.2, 0) is 32.9 Å². The normalized spacial score (nSPS) is 11.4.